The highest BCUT2D eigenvalue weighted by Crippen LogP contribution is 2.23. The molecule has 0 saturated heterocycles. The van der Waals surface area contributed by atoms with Crippen molar-refractivity contribution < 1.29 is 4.92 Å². The van der Waals surface area contributed by atoms with E-state index in [1.54, 1.807) is 22.8 Å². The molecule has 1 heterocycles. The molecule has 0 saturated carbocycles. The highest BCUT2D eigenvalue weighted by atomic mass is 35.5. The molecule has 0 aliphatic rings. The Morgan fingerprint density at radius 2 is 2.12 bits per heavy atom. The van der Waals surface area contributed by atoms with Crippen molar-refractivity contribution in [2.24, 2.45) is 0 Å². The molecule has 0 amide bonds. The summed E-state index contributed by atoms with van der Waals surface area (Å²) in [4.78, 5) is 13.6. The highest BCUT2D eigenvalue weighted by molar-refractivity contribution is 6.42. The summed E-state index contributed by atoms with van der Waals surface area (Å²) < 4.78 is 1.61. The van der Waals surface area contributed by atoms with Crippen LogP contribution in [0.15, 0.2) is 30.7 Å². The van der Waals surface area contributed by atoms with Gasteiger partial charge in [-0.1, -0.05) is 29.3 Å². The van der Waals surface area contributed by atoms with Crippen LogP contribution in [0.2, 0.25) is 10.0 Å². The molecular formula is C10H7Cl2N3O2. The van der Waals surface area contributed by atoms with Crippen LogP contribution in [0.1, 0.15) is 5.56 Å². The van der Waals surface area contributed by atoms with E-state index in [4.69, 9.17) is 23.2 Å². The van der Waals surface area contributed by atoms with Gasteiger partial charge in [-0.3, -0.25) is 0 Å². The van der Waals surface area contributed by atoms with Gasteiger partial charge in [0.25, 0.3) is 0 Å². The molecule has 5 nitrogen and oxygen atoms in total. The van der Waals surface area contributed by atoms with Crippen LogP contribution in [0.3, 0.4) is 0 Å². The maximum Gasteiger partial charge on any atom is 0.381 e. The maximum absolute atomic E-state index is 10.5. The number of imidazole rings is 1. The summed E-state index contributed by atoms with van der Waals surface area (Å²) in [7, 11) is 0. The Morgan fingerprint density at radius 3 is 2.71 bits per heavy atom. The second kappa shape index (κ2) is 4.73. The lowest BCUT2D eigenvalue weighted by Crippen LogP contribution is -1.96. The molecule has 88 valence electrons. The first kappa shape index (κ1) is 11.9. The average Bonchev–Trinajstić information content (AvgIpc) is 2.72. The topological polar surface area (TPSA) is 61.0 Å². The van der Waals surface area contributed by atoms with Crippen LogP contribution in [-0.2, 0) is 6.54 Å². The molecule has 0 aliphatic heterocycles. The van der Waals surface area contributed by atoms with Crippen molar-refractivity contribution in [2.75, 3.05) is 0 Å². The van der Waals surface area contributed by atoms with Gasteiger partial charge in [0.1, 0.15) is 6.20 Å². The molecule has 0 atom stereocenters. The molecule has 0 N–H and O–H groups in total. The smallest absolute Gasteiger partial charge is 0.358 e. The second-order valence-electron chi connectivity index (χ2n) is 3.41. The summed E-state index contributed by atoms with van der Waals surface area (Å²) >= 11 is 11.7. The number of benzene rings is 1. The molecule has 1 aromatic carbocycles. The van der Waals surface area contributed by atoms with Crippen molar-refractivity contribution in [3.63, 3.8) is 0 Å². The van der Waals surface area contributed by atoms with Crippen LogP contribution in [0, 0.1) is 10.1 Å². The normalized spacial score (nSPS) is 10.5. The zero-order chi connectivity index (χ0) is 12.4. The fraction of sp³-hybridized carbons (Fsp3) is 0.100. The maximum atomic E-state index is 10.5. The standard InChI is InChI=1S/C10H7Cl2N3O2/c11-8-2-1-7(3-9(8)12)4-14-5-10(13-6-14)15(16)17/h1-3,5-6H,4H2. The predicted octanol–water partition coefficient (Wildman–Crippen LogP) is 3.15. The number of hydrogen-bond donors (Lipinski definition) is 0. The molecule has 0 unspecified atom stereocenters. The van der Waals surface area contributed by atoms with Gasteiger partial charge in [-0.15, -0.1) is 0 Å². The van der Waals surface area contributed by atoms with Crippen molar-refractivity contribution >= 4 is 29.0 Å². The summed E-state index contributed by atoms with van der Waals surface area (Å²) in [6, 6.07) is 5.21. The van der Waals surface area contributed by atoms with Crippen LogP contribution >= 0.6 is 23.2 Å². The van der Waals surface area contributed by atoms with E-state index in [9.17, 15) is 10.1 Å². The van der Waals surface area contributed by atoms with Crippen LogP contribution in [0.5, 0.6) is 0 Å². The number of nitro groups is 1. The van der Waals surface area contributed by atoms with Crippen LogP contribution < -0.4 is 0 Å². The van der Waals surface area contributed by atoms with Crippen molar-refractivity contribution in [3.05, 3.63) is 56.4 Å². The van der Waals surface area contributed by atoms with Crippen molar-refractivity contribution in [2.45, 2.75) is 6.54 Å². The fourth-order valence-corrected chi connectivity index (χ4v) is 1.70. The van der Waals surface area contributed by atoms with Crippen LogP contribution in [-0.4, -0.2) is 14.5 Å². The molecular weight excluding hydrogens is 265 g/mol. The summed E-state index contributed by atoms with van der Waals surface area (Å²) in [6.07, 6.45) is 2.77. The van der Waals surface area contributed by atoms with Crippen LogP contribution in [0.4, 0.5) is 5.82 Å². The Kier molecular flexibility index (Phi) is 3.31. The molecule has 0 spiro atoms. The van der Waals surface area contributed by atoms with Gasteiger partial charge in [-0.2, -0.15) is 0 Å². The van der Waals surface area contributed by atoms with E-state index in [2.05, 4.69) is 4.98 Å². The Labute approximate surface area is 107 Å². The minimum atomic E-state index is -0.536. The van der Waals surface area contributed by atoms with Gasteiger partial charge < -0.3 is 14.7 Å². The fourth-order valence-electron chi connectivity index (χ4n) is 1.38. The minimum Gasteiger partial charge on any atom is -0.358 e. The molecule has 0 bridgehead atoms. The van der Waals surface area contributed by atoms with E-state index in [0.29, 0.717) is 16.6 Å². The number of nitrogens with zero attached hydrogens (tertiary/aromatic N) is 3. The Morgan fingerprint density at radius 1 is 1.35 bits per heavy atom. The summed E-state index contributed by atoms with van der Waals surface area (Å²) in [6.45, 7) is 0.456. The Balaban J connectivity index is 2.19. The molecule has 17 heavy (non-hydrogen) atoms. The first-order valence-electron chi connectivity index (χ1n) is 4.66. The lowest BCUT2D eigenvalue weighted by atomic mass is 10.2. The lowest BCUT2D eigenvalue weighted by molar-refractivity contribution is -0.389. The van der Waals surface area contributed by atoms with Crippen molar-refractivity contribution in [1.82, 2.24) is 9.55 Å². The molecule has 1 aromatic heterocycles. The Hall–Kier alpha value is -1.59. The second-order valence-corrected chi connectivity index (χ2v) is 4.22. The largest absolute Gasteiger partial charge is 0.381 e. The van der Waals surface area contributed by atoms with E-state index in [0.717, 1.165) is 5.56 Å². The lowest BCUT2D eigenvalue weighted by Gasteiger charge is -2.02. The zero-order valence-corrected chi connectivity index (χ0v) is 10.0. The number of hydrogen-bond acceptors (Lipinski definition) is 3. The van der Waals surface area contributed by atoms with Gasteiger partial charge in [-0.25, -0.2) is 0 Å². The molecule has 0 aliphatic carbocycles. The van der Waals surface area contributed by atoms with E-state index in [-0.39, 0.29) is 5.82 Å². The monoisotopic (exact) mass is 271 g/mol. The first-order valence-corrected chi connectivity index (χ1v) is 5.42. The first-order chi connectivity index (χ1) is 8.06. The zero-order valence-electron chi connectivity index (χ0n) is 8.51. The van der Waals surface area contributed by atoms with E-state index >= 15 is 0 Å². The SMILES string of the molecule is O=[N+]([O-])c1cn(Cc2ccc(Cl)c(Cl)c2)cn1. The highest BCUT2D eigenvalue weighted by Gasteiger charge is 2.10. The van der Waals surface area contributed by atoms with Crippen molar-refractivity contribution in [3.8, 4) is 0 Å². The Bertz CT molecular complexity index is 568. The van der Waals surface area contributed by atoms with Gasteiger partial charge in [-0.05, 0) is 27.6 Å². The summed E-state index contributed by atoms with van der Waals surface area (Å²) in [5, 5.41) is 11.4. The van der Waals surface area contributed by atoms with E-state index in [1.807, 2.05) is 0 Å². The quantitative estimate of drug-likeness (QED) is 0.637. The van der Waals surface area contributed by atoms with Crippen molar-refractivity contribution in [1.29, 1.82) is 0 Å². The number of halogens is 2. The van der Waals surface area contributed by atoms with Gasteiger partial charge in [0, 0.05) is 0 Å². The van der Waals surface area contributed by atoms with Gasteiger partial charge in [0.05, 0.1) is 16.6 Å². The summed E-state index contributed by atoms with van der Waals surface area (Å²) in [5.41, 5.74) is 0.895. The third-order valence-corrected chi connectivity index (χ3v) is 2.89. The molecule has 2 rings (SSSR count). The average molecular weight is 272 g/mol. The third kappa shape index (κ3) is 2.75. The van der Waals surface area contributed by atoms with E-state index in [1.165, 1.54) is 12.5 Å². The van der Waals surface area contributed by atoms with Crippen LogP contribution in [0.25, 0.3) is 0 Å². The summed E-state index contributed by atoms with van der Waals surface area (Å²) in [5.74, 6) is -0.176. The van der Waals surface area contributed by atoms with Gasteiger partial charge >= 0.3 is 5.82 Å². The minimum absolute atomic E-state index is 0.176. The molecule has 0 radical (unpaired) electrons. The molecule has 7 heteroatoms. The van der Waals surface area contributed by atoms with Gasteiger partial charge in [0.2, 0.25) is 6.33 Å². The van der Waals surface area contributed by atoms with E-state index < -0.39 is 4.92 Å². The number of rotatable bonds is 3. The molecule has 0 fully saturated rings. The number of aromatic nitrogens is 2. The molecule has 2 aromatic rings. The third-order valence-electron chi connectivity index (χ3n) is 2.16. The predicted molar refractivity (Wildman–Crippen MR) is 64.4 cm³/mol. The van der Waals surface area contributed by atoms with Gasteiger partial charge in [0.15, 0.2) is 0 Å².